The Morgan fingerprint density at radius 2 is 1.80 bits per heavy atom. The van der Waals surface area contributed by atoms with E-state index in [4.69, 9.17) is 0 Å². The van der Waals surface area contributed by atoms with E-state index in [1.54, 1.807) is 12.1 Å². The minimum absolute atomic E-state index is 0. The van der Waals surface area contributed by atoms with Gasteiger partial charge in [0.1, 0.15) is 0 Å². The molecule has 1 aromatic heterocycles. The van der Waals surface area contributed by atoms with Crippen LogP contribution in [0.5, 0.6) is 0 Å². The quantitative estimate of drug-likeness (QED) is 0.581. The summed E-state index contributed by atoms with van der Waals surface area (Å²) in [5.41, 5.74) is 3.67. The first kappa shape index (κ1) is 22.3. The molecule has 0 aliphatic carbocycles. The Morgan fingerprint density at radius 1 is 1.07 bits per heavy atom. The number of hydrogen-bond donors (Lipinski definition) is 4. The molecule has 1 aromatic carbocycles. The highest BCUT2D eigenvalue weighted by molar-refractivity contribution is 6.04. The van der Waals surface area contributed by atoms with Crippen molar-refractivity contribution in [2.24, 2.45) is 0 Å². The highest BCUT2D eigenvalue weighted by atomic mass is 35.5. The predicted octanol–water partition coefficient (Wildman–Crippen LogP) is 2.54. The van der Waals surface area contributed by atoms with E-state index in [2.05, 4.69) is 31.0 Å². The van der Waals surface area contributed by atoms with Gasteiger partial charge in [-0.15, -0.1) is 12.4 Å². The molecule has 2 aliphatic heterocycles. The third-order valence-electron chi connectivity index (χ3n) is 5.49. The van der Waals surface area contributed by atoms with Crippen LogP contribution in [0.3, 0.4) is 0 Å². The summed E-state index contributed by atoms with van der Waals surface area (Å²) in [5, 5.41) is 16.2. The first-order valence-electron chi connectivity index (χ1n) is 10.4. The molecule has 30 heavy (non-hydrogen) atoms. The lowest BCUT2D eigenvalue weighted by atomic mass is 10.1. The SMILES string of the molecule is Cl.O=C(CN1CCCCCC1)Nc1cccc(NC(=O)c2n[nH]c3c2CNCC3)c1. The average molecular weight is 433 g/mol. The Morgan fingerprint density at radius 3 is 2.57 bits per heavy atom. The van der Waals surface area contributed by atoms with Crippen molar-refractivity contribution in [2.75, 3.05) is 36.8 Å². The monoisotopic (exact) mass is 432 g/mol. The molecule has 0 spiro atoms. The first-order chi connectivity index (χ1) is 14.2. The van der Waals surface area contributed by atoms with Crippen molar-refractivity contribution in [1.82, 2.24) is 20.4 Å². The Kier molecular flexibility index (Phi) is 7.84. The molecule has 0 bridgehead atoms. The largest absolute Gasteiger partial charge is 0.325 e. The van der Waals surface area contributed by atoms with Crippen molar-refractivity contribution in [3.63, 3.8) is 0 Å². The molecule has 2 aromatic rings. The summed E-state index contributed by atoms with van der Waals surface area (Å²) < 4.78 is 0. The number of amides is 2. The summed E-state index contributed by atoms with van der Waals surface area (Å²) in [6, 6.07) is 7.23. The molecular weight excluding hydrogens is 404 g/mol. The highest BCUT2D eigenvalue weighted by Crippen LogP contribution is 2.19. The summed E-state index contributed by atoms with van der Waals surface area (Å²) >= 11 is 0. The lowest BCUT2D eigenvalue weighted by Crippen LogP contribution is -2.33. The maximum absolute atomic E-state index is 12.7. The Balaban J connectivity index is 0.00000256. The van der Waals surface area contributed by atoms with Gasteiger partial charge in [-0.25, -0.2) is 0 Å². The van der Waals surface area contributed by atoms with Crippen molar-refractivity contribution in [3.05, 3.63) is 41.2 Å². The van der Waals surface area contributed by atoms with Gasteiger partial charge in [0, 0.05) is 42.1 Å². The van der Waals surface area contributed by atoms with E-state index in [-0.39, 0.29) is 24.2 Å². The summed E-state index contributed by atoms with van der Waals surface area (Å²) in [6.45, 7) is 3.89. The number of aromatic nitrogens is 2. The third-order valence-corrected chi connectivity index (χ3v) is 5.49. The third kappa shape index (κ3) is 5.59. The van der Waals surface area contributed by atoms with Gasteiger partial charge in [0.05, 0.1) is 6.54 Å². The second-order valence-electron chi connectivity index (χ2n) is 7.73. The number of hydrogen-bond acceptors (Lipinski definition) is 5. The lowest BCUT2D eigenvalue weighted by molar-refractivity contribution is -0.117. The summed E-state index contributed by atoms with van der Waals surface area (Å²) in [6.07, 6.45) is 5.64. The highest BCUT2D eigenvalue weighted by Gasteiger charge is 2.21. The summed E-state index contributed by atoms with van der Waals surface area (Å²) in [7, 11) is 0. The van der Waals surface area contributed by atoms with Crippen LogP contribution in [0.2, 0.25) is 0 Å². The zero-order valence-corrected chi connectivity index (χ0v) is 17.8. The van der Waals surface area contributed by atoms with E-state index in [9.17, 15) is 9.59 Å². The maximum atomic E-state index is 12.7. The number of rotatable bonds is 5. The number of nitrogens with zero attached hydrogens (tertiary/aromatic N) is 2. The van der Waals surface area contributed by atoms with Crippen LogP contribution in [0.15, 0.2) is 24.3 Å². The normalized spacial score (nSPS) is 16.7. The van der Waals surface area contributed by atoms with E-state index < -0.39 is 0 Å². The first-order valence-corrected chi connectivity index (χ1v) is 10.4. The van der Waals surface area contributed by atoms with E-state index in [1.165, 1.54) is 12.8 Å². The maximum Gasteiger partial charge on any atom is 0.276 e. The van der Waals surface area contributed by atoms with E-state index in [0.29, 0.717) is 30.2 Å². The molecule has 162 valence electrons. The second kappa shape index (κ2) is 10.6. The van der Waals surface area contributed by atoms with Gasteiger partial charge >= 0.3 is 0 Å². The van der Waals surface area contributed by atoms with Gasteiger partial charge in [-0.05, 0) is 44.1 Å². The number of halogens is 1. The van der Waals surface area contributed by atoms with Crippen LogP contribution >= 0.6 is 12.4 Å². The van der Waals surface area contributed by atoms with Crippen LogP contribution in [-0.4, -0.2) is 53.1 Å². The van der Waals surface area contributed by atoms with Crippen molar-refractivity contribution in [1.29, 1.82) is 0 Å². The Bertz CT molecular complexity index is 876. The molecule has 3 heterocycles. The Labute approximate surface area is 182 Å². The predicted molar refractivity (Wildman–Crippen MR) is 119 cm³/mol. The number of carbonyl (C=O) groups is 2. The zero-order valence-electron chi connectivity index (χ0n) is 17.0. The molecular formula is C21H29ClN6O2. The van der Waals surface area contributed by atoms with E-state index in [0.717, 1.165) is 50.2 Å². The fourth-order valence-electron chi connectivity index (χ4n) is 3.98. The number of likely N-dealkylation sites (tertiary alicyclic amines) is 1. The van der Waals surface area contributed by atoms with Crippen LogP contribution in [0.4, 0.5) is 11.4 Å². The minimum Gasteiger partial charge on any atom is -0.325 e. The molecule has 9 heteroatoms. The van der Waals surface area contributed by atoms with Gasteiger partial charge < -0.3 is 16.0 Å². The molecule has 4 rings (SSSR count). The van der Waals surface area contributed by atoms with E-state index >= 15 is 0 Å². The van der Waals surface area contributed by atoms with Crippen LogP contribution in [0, 0.1) is 0 Å². The molecule has 0 unspecified atom stereocenters. The van der Waals surface area contributed by atoms with Gasteiger partial charge in [-0.1, -0.05) is 18.9 Å². The molecule has 0 saturated carbocycles. The van der Waals surface area contributed by atoms with Crippen molar-refractivity contribution in [3.8, 4) is 0 Å². The fraction of sp³-hybridized carbons (Fsp3) is 0.476. The standard InChI is InChI=1S/C21H28N6O2.ClH/c28-19(14-27-10-3-1-2-4-11-27)23-15-6-5-7-16(12-15)24-21(29)20-17-13-22-9-8-18(17)25-26-20;/h5-7,12,22H,1-4,8-11,13-14H2,(H,23,28)(H,24,29)(H,25,26);1H. The van der Waals surface area contributed by atoms with Gasteiger partial charge in [0.25, 0.3) is 5.91 Å². The fourth-order valence-corrected chi connectivity index (χ4v) is 3.98. The van der Waals surface area contributed by atoms with Crippen molar-refractivity contribution >= 4 is 35.6 Å². The Hall–Kier alpha value is -2.42. The molecule has 1 fully saturated rings. The zero-order chi connectivity index (χ0) is 20.1. The smallest absolute Gasteiger partial charge is 0.276 e. The van der Waals surface area contributed by atoms with Gasteiger partial charge in [-0.3, -0.25) is 19.6 Å². The molecule has 1 saturated heterocycles. The average Bonchev–Trinajstić information content (AvgIpc) is 2.98. The van der Waals surface area contributed by atoms with Gasteiger partial charge in [0.2, 0.25) is 5.91 Å². The van der Waals surface area contributed by atoms with Crippen molar-refractivity contribution < 1.29 is 9.59 Å². The summed E-state index contributed by atoms with van der Waals surface area (Å²) in [5.74, 6) is -0.276. The molecule has 0 radical (unpaired) electrons. The molecule has 8 nitrogen and oxygen atoms in total. The molecule has 2 aliphatic rings. The number of fused-ring (bicyclic) bond motifs is 1. The van der Waals surface area contributed by atoms with Crippen LogP contribution < -0.4 is 16.0 Å². The summed E-state index contributed by atoms with van der Waals surface area (Å²) in [4.78, 5) is 27.3. The van der Waals surface area contributed by atoms with Gasteiger partial charge in [-0.2, -0.15) is 5.10 Å². The molecule has 0 atom stereocenters. The molecule has 2 amide bonds. The van der Waals surface area contributed by atoms with Crippen LogP contribution in [0.1, 0.15) is 47.4 Å². The van der Waals surface area contributed by atoms with Crippen LogP contribution in [0.25, 0.3) is 0 Å². The number of aromatic amines is 1. The topological polar surface area (TPSA) is 102 Å². The number of anilines is 2. The molecule has 4 N–H and O–H groups in total. The number of nitrogens with one attached hydrogen (secondary N) is 4. The van der Waals surface area contributed by atoms with E-state index in [1.807, 2.05) is 12.1 Å². The number of H-pyrrole nitrogens is 1. The van der Waals surface area contributed by atoms with Crippen molar-refractivity contribution in [2.45, 2.75) is 38.6 Å². The number of benzene rings is 1. The second-order valence-corrected chi connectivity index (χ2v) is 7.73. The van der Waals surface area contributed by atoms with Gasteiger partial charge in [0.15, 0.2) is 5.69 Å². The van der Waals surface area contributed by atoms with Crippen LogP contribution in [-0.2, 0) is 17.8 Å². The minimum atomic E-state index is -0.251. The lowest BCUT2D eigenvalue weighted by Gasteiger charge is -2.19. The number of carbonyl (C=O) groups excluding carboxylic acids is 2.